The Bertz CT molecular complexity index is 1350. The smallest absolute Gasteiger partial charge is 0.309 e. The molecule has 0 amide bonds. The number of carbonyl (C=O) groups is 1. The van der Waals surface area contributed by atoms with Crippen LogP contribution in [-0.2, 0) is 4.79 Å². The van der Waals surface area contributed by atoms with Gasteiger partial charge in [0.05, 0.1) is 5.41 Å². The maximum atomic E-state index is 11.5. The first-order chi connectivity index (χ1) is 18.2. The lowest BCUT2D eigenvalue weighted by molar-refractivity contribution is -0.158. The van der Waals surface area contributed by atoms with E-state index in [-0.39, 0.29) is 6.10 Å². The number of ether oxygens (including phenoxy) is 1. The minimum absolute atomic E-state index is 0.346. The third-order valence-electron chi connectivity index (χ3n) is 8.68. The fraction of sp³-hybridized carbons (Fsp3) is 0.556. The standard InChI is InChI=1S/C27H31Cl2N5O4/c1-15(20-6-5-18(28)8-21(20)29)37-22-9-23(30-25-24(22)31-38-32-25)34-13-17(14-34)16-4-3-7-33(12-16)19-10-27(2,11-19)26(35)36/h5-6,8-9,15-17,19H,3-4,7,10-14H2,1-2H3,(H,35,36)/t15-,16+,19?,27?/m1/s1. The Morgan fingerprint density at radius 1 is 1.18 bits per heavy atom. The van der Waals surface area contributed by atoms with E-state index in [0.717, 1.165) is 50.4 Å². The Balaban J connectivity index is 1.11. The Hall–Kier alpha value is -2.62. The zero-order valence-electron chi connectivity index (χ0n) is 21.4. The number of fused-ring (bicyclic) bond motifs is 1. The maximum absolute atomic E-state index is 11.5. The van der Waals surface area contributed by atoms with Crippen LogP contribution in [0.25, 0.3) is 11.2 Å². The zero-order valence-corrected chi connectivity index (χ0v) is 23.0. The van der Waals surface area contributed by atoms with Crippen molar-refractivity contribution in [3.05, 3.63) is 39.9 Å². The fourth-order valence-corrected chi connectivity index (χ4v) is 6.81. The highest BCUT2D eigenvalue weighted by atomic mass is 35.5. The maximum Gasteiger partial charge on any atom is 0.309 e. The van der Waals surface area contributed by atoms with Gasteiger partial charge in [-0.25, -0.2) is 9.61 Å². The summed E-state index contributed by atoms with van der Waals surface area (Å²) in [5.74, 6) is 1.85. The van der Waals surface area contributed by atoms with Gasteiger partial charge in [0, 0.05) is 47.4 Å². The second-order valence-corrected chi connectivity index (χ2v) is 12.2. The third kappa shape index (κ3) is 4.69. The second-order valence-electron chi connectivity index (χ2n) is 11.3. The van der Waals surface area contributed by atoms with E-state index in [0.29, 0.717) is 44.8 Å². The summed E-state index contributed by atoms with van der Waals surface area (Å²) in [6, 6.07) is 7.64. The molecule has 11 heteroatoms. The van der Waals surface area contributed by atoms with Crippen molar-refractivity contribution in [2.24, 2.45) is 17.3 Å². The molecule has 2 aliphatic heterocycles. The van der Waals surface area contributed by atoms with E-state index in [2.05, 4.69) is 25.1 Å². The largest absolute Gasteiger partial charge is 0.483 e. The molecule has 2 atom stereocenters. The molecule has 3 fully saturated rings. The number of carboxylic acid groups (broad SMARTS) is 1. The van der Waals surface area contributed by atoms with Crippen molar-refractivity contribution in [3.63, 3.8) is 0 Å². The number of nitrogens with zero attached hydrogens (tertiary/aromatic N) is 5. The van der Waals surface area contributed by atoms with Crippen LogP contribution in [0.5, 0.6) is 5.75 Å². The van der Waals surface area contributed by atoms with E-state index in [1.54, 1.807) is 12.1 Å². The summed E-state index contributed by atoms with van der Waals surface area (Å²) in [5.41, 5.74) is 1.15. The monoisotopic (exact) mass is 559 g/mol. The van der Waals surface area contributed by atoms with E-state index in [1.165, 1.54) is 12.8 Å². The van der Waals surface area contributed by atoms with E-state index in [4.69, 9.17) is 32.6 Å². The van der Waals surface area contributed by atoms with Crippen molar-refractivity contribution in [2.45, 2.75) is 51.7 Å². The molecule has 38 heavy (non-hydrogen) atoms. The number of halogens is 2. The highest BCUT2D eigenvalue weighted by molar-refractivity contribution is 6.35. The molecule has 2 saturated heterocycles. The van der Waals surface area contributed by atoms with Crippen LogP contribution in [-0.4, -0.2) is 63.5 Å². The highest BCUT2D eigenvalue weighted by Gasteiger charge is 2.49. The third-order valence-corrected chi connectivity index (χ3v) is 9.25. The van der Waals surface area contributed by atoms with Crippen molar-refractivity contribution in [1.29, 1.82) is 0 Å². The van der Waals surface area contributed by atoms with Crippen LogP contribution >= 0.6 is 23.2 Å². The van der Waals surface area contributed by atoms with Gasteiger partial charge in [-0.2, -0.15) is 0 Å². The number of hydrogen-bond donors (Lipinski definition) is 1. The summed E-state index contributed by atoms with van der Waals surface area (Å²) in [5, 5.41) is 18.6. The summed E-state index contributed by atoms with van der Waals surface area (Å²) in [6.45, 7) is 7.74. The molecule has 4 heterocycles. The summed E-state index contributed by atoms with van der Waals surface area (Å²) in [4.78, 5) is 21.0. The molecular weight excluding hydrogens is 529 g/mol. The van der Waals surface area contributed by atoms with Gasteiger partial charge < -0.3 is 19.6 Å². The number of pyridine rings is 1. The van der Waals surface area contributed by atoms with Gasteiger partial charge >= 0.3 is 5.97 Å². The lowest BCUT2D eigenvalue weighted by Crippen LogP contribution is -2.58. The zero-order chi connectivity index (χ0) is 26.6. The van der Waals surface area contributed by atoms with Crippen molar-refractivity contribution < 1.29 is 19.3 Å². The molecule has 0 unspecified atom stereocenters. The summed E-state index contributed by atoms with van der Waals surface area (Å²) >= 11 is 12.5. The van der Waals surface area contributed by atoms with Crippen LogP contribution in [0.15, 0.2) is 28.9 Å². The number of anilines is 1. The van der Waals surface area contributed by atoms with Gasteiger partial charge in [0.2, 0.25) is 5.65 Å². The minimum Gasteiger partial charge on any atom is -0.483 e. The molecule has 3 aromatic rings. The number of aliphatic carboxylic acids is 1. The lowest BCUT2D eigenvalue weighted by Gasteiger charge is -2.52. The van der Waals surface area contributed by atoms with E-state index >= 15 is 0 Å². The molecular formula is C27H31Cl2N5O4. The Morgan fingerprint density at radius 2 is 1.97 bits per heavy atom. The molecule has 1 aromatic carbocycles. The molecule has 9 nitrogen and oxygen atoms in total. The van der Waals surface area contributed by atoms with Crippen molar-refractivity contribution in [3.8, 4) is 5.75 Å². The van der Waals surface area contributed by atoms with Gasteiger partial charge in [-0.15, -0.1) is 0 Å². The van der Waals surface area contributed by atoms with Gasteiger partial charge in [0.1, 0.15) is 11.9 Å². The number of carboxylic acids is 1. The topological polar surface area (TPSA) is 105 Å². The molecule has 0 spiro atoms. The predicted octanol–water partition coefficient (Wildman–Crippen LogP) is 5.47. The normalized spacial score (nSPS) is 27.1. The highest BCUT2D eigenvalue weighted by Crippen LogP contribution is 2.45. The first-order valence-corrected chi connectivity index (χ1v) is 13.9. The van der Waals surface area contributed by atoms with Crippen LogP contribution in [0.4, 0.5) is 5.82 Å². The molecule has 0 bridgehead atoms. The van der Waals surface area contributed by atoms with E-state index in [9.17, 15) is 9.90 Å². The molecule has 1 N–H and O–H groups in total. The summed E-state index contributed by atoms with van der Waals surface area (Å²) < 4.78 is 11.3. The lowest BCUT2D eigenvalue weighted by atomic mass is 9.65. The van der Waals surface area contributed by atoms with Gasteiger partial charge in [-0.3, -0.25) is 4.79 Å². The van der Waals surface area contributed by atoms with Crippen LogP contribution in [0.1, 0.15) is 51.2 Å². The summed E-state index contributed by atoms with van der Waals surface area (Å²) in [6.07, 6.45) is 3.54. The van der Waals surface area contributed by atoms with Gasteiger partial charge in [0.25, 0.3) is 0 Å². The molecule has 202 valence electrons. The first kappa shape index (κ1) is 25.6. The average molecular weight is 560 g/mol. The van der Waals surface area contributed by atoms with Crippen molar-refractivity contribution in [1.82, 2.24) is 20.2 Å². The van der Waals surface area contributed by atoms with E-state index < -0.39 is 11.4 Å². The minimum atomic E-state index is -0.669. The van der Waals surface area contributed by atoms with Crippen molar-refractivity contribution >= 4 is 46.2 Å². The number of hydrogen-bond acceptors (Lipinski definition) is 8. The molecule has 0 radical (unpaired) electrons. The fourth-order valence-electron chi connectivity index (χ4n) is 6.24. The number of rotatable bonds is 7. The molecule has 2 aromatic heterocycles. The number of likely N-dealkylation sites (tertiary alicyclic amines) is 1. The van der Waals surface area contributed by atoms with Gasteiger partial charge in [0.15, 0.2) is 11.3 Å². The Labute approximate surface area is 231 Å². The van der Waals surface area contributed by atoms with Crippen LogP contribution in [0.2, 0.25) is 10.0 Å². The van der Waals surface area contributed by atoms with E-state index in [1.807, 2.05) is 26.0 Å². The van der Waals surface area contributed by atoms with Crippen LogP contribution in [0.3, 0.4) is 0 Å². The molecule has 3 aliphatic rings. The first-order valence-electron chi connectivity index (χ1n) is 13.2. The quantitative estimate of drug-likeness (QED) is 0.403. The second kappa shape index (κ2) is 9.84. The molecule has 6 rings (SSSR count). The Kier molecular flexibility index (Phi) is 6.64. The van der Waals surface area contributed by atoms with Crippen molar-refractivity contribution in [2.75, 3.05) is 31.1 Å². The van der Waals surface area contributed by atoms with Crippen LogP contribution < -0.4 is 9.64 Å². The predicted molar refractivity (Wildman–Crippen MR) is 144 cm³/mol. The molecule has 1 saturated carbocycles. The summed E-state index contributed by atoms with van der Waals surface area (Å²) in [7, 11) is 0. The molecule has 1 aliphatic carbocycles. The Morgan fingerprint density at radius 3 is 2.71 bits per heavy atom. The number of piperidine rings is 1. The number of benzene rings is 1. The number of aromatic nitrogens is 3. The average Bonchev–Trinajstić information content (AvgIpc) is 3.30. The van der Waals surface area contributed by atoms with Gasteiger partial charge in [-0.05, 0) is 80.4 Å². The SMILES string of the molecule is C[C@@H](Oc1cc(N2CC([C@H]3CCCN(C4CC(C)(C(=O)O)C4)C3)C2)nc2nonc12)c1ccc(Cl)cc1Cl. The van der Waals surface area contributed by atoms with Gasteiger partial charge in [-0.1, -0.05) is 29.3 Å². The van der Waals surface area contributed by atoms with Crippen LogP contribution in [0, 0.1) is 17.3 Å².